The predicted molar refractivity (Wildman–Crippen MR) is 65.0 cm³/mol. The van der Waals surface area contributed by atoms with Gasteiger partial charge in [-0.25, -0.2) is 0 Å². The molecule has 2 nitrogen and oxygen atoms in total. The van der Waals surface area contributed by atoms with Crippen molar-refractivity contribution in [2.24, 2.45) is 5.92 Å². The van der Waals surface area contributed by atoms with Crippen molar-refractivity contribution in [1.82, 2.24) is 4.90 Å². The van der Waals surface area contributed by atoms with Gasteiger partial charge < -0.3 is 5.11 Å². The number of unbranched alkanes of at least 4 members (excludes halogenated alkanes) is 1. The van der Waals surface area contributed by atoms with Crippen molar-refractivity contribution in [2.75, 3.05) is 13.1 Å². The van der Waals surface area contributed by atoms with Crippen molar-refractivity contribution in [3.8, 4) is 0 Å². The fourth-order valence-electron chi connectivity index (χ4n) is 2.40. The monoisotopic (exact) mass is 213 g/mol. The van der Waals surface area contributed by atoms with E-state index in [4.69, 9.17) is 0 Å². The van der Waals surface area contributed by atoms with Crippen LogP contribution in [0.3, 0.4) is 0 Å². The van der Waals surface area contributed by atoms with E-state index >= 15 is 0 Å². The largest absolute Gasteiger partial charge is 0.392 e. The maximum Gasteiger partial charge on any atom is 0.0682 e. The van der Waals surface area contributed by atoms with Gasteiger partial charge in [0, 0.05) is 12.6 Å². The van der Waals surface area contributed by atoms with Gasteiger partial charge in [0.05, 0.1) is 6.10 Å². The lowest BCUT2D eigenvalue weighted by Gasteiger charge is -2.24. The fourth-order valence-corrected chi connectivity index (χ4v) is 2.40. The maximum atomic E-state index is 9.69. The third kappa shape index (κ3) is 4.52. The summed E-state index contributed by atoms with van der Waals surface area (Å²) in [6, 6.07) is 0.652. The molecule has 90 valence electrons. The zero-order valence-corrected chi connectivity index (χ0v) is 10.6. The number of rotatable bonds is 6. The smallest absolute Gasteiger partial charge is 0.0682 e. The average Bonchev–Trinajstić information content (AvgIpc) is 2.52. The van der Waals surface area contributed by atoms with Gasteiger partial charge in [-0.3, -0.25) is 4.90 Å². The molecule has 0 aliphatic carbocycles. The Balaban J connectivity index is 2.31. The summed E-state index contributed by atoms with van der Waals surface area (Å²) in [5.41, 5.74) is 0. The van der Waals surface area contributed by atoms with Crippen LogP contribution >= 0.6 is 0 Å². The van der Waals surface area contributed by atoms with Crippen LogP contribution in [-0.2, 0) is 0 Å². The van der Waals surface area contributed by atoms with Crippen molar-refractivity contribution in [3.05, 3.63) is 0 Å². The van der Waals surface area contributed by atoms with E-state index in [1.807, 2.05) is 0 Å². The number of nitrogens with zero attached hydrogens (tertiary/aromatic N) is 1. The number of aliphatic hydroxyl groups excluding tert-OH is 1. The molecule has 0 aromatic heterocycles. The van der Waals surface area contributed by atoms with E-state index in [2.05, 4.69) is 25.7 Å². The van der Waals surface area contributed by atoms with Crippen molar-refractivity contribution >= 4 is 0 Å². The molecule has 1 fully saturated rings. The molecule has 2 heteroatoms. The van der Waals surface area contributed by atoms with Crippen LogP contribution in [0.4, 0.5) is 0 Å². The lowest BCUT2D eigenvalue weighted by atomic mass is 10.1. The molecule has 1 aliphatic rings. The van der Waals surface area contributed by atoms with Crippen molar-refractivity contribution < 1.29 is 5.11 Å². The van der Waals surface area contributed by atoms with Gasteiger partial charge in [-0.15, -0.1) is 0 Å². The quantitative estimate of drug-likeness (QED) is 0.733. The van der Waals surface area contributed by atoms with Gasteiger partial charge in [-0.05, 0) is 31.7 Å². The molecule has 0 spiro atoms. The van der Waals surface area contributed by atoms with E-state index < -0.39 is 0 Å². The Labute approximate surface area is 94.7 Å². The molecule has 0 radical (unpaired) electrons. The van der Waals surface area contributed by atoms with Gasteiger partial charge in [0.25, 0.3) is 0 Å². The van der Waals surface area contributed by atoms with Gasteiger partial charge in [0.2, 0.25) is 0 Å². The van der Waals surface area contributed by atoms with E-state index in [9.17, 15) is 5.11 Å². The molecular formula is C13H27NO. The van der Waals surface area contributed by atoms with Gasteiger partial charge in [0.15, 0.2) is 0 Å². The maximum absolute atomic E-state index is 9.69. The molecule has 0 saturated carbocycles. The Hall–Kier alpha value is -0.0800. The topological polar surface area (TPSA) is 23.5 Å². The Bertz CT molecular complexity index is 170. The summed E-state index contributed by atoms with van der Waals surface area (Å²) in [5.74, 6) is 0.773. The van der Waals surface area contributed by atoms with Crippen LogP contribution in [0.5, 0.6) is 0 Å². The molecule has 15 heavy (non-hydrogen) atoms. The SMILES string of the molecule is CCCCC1CC(O)CN1CCC(C)C. The second-order valence-corrected chi connectivity index (χ2v) is 5.36. The lowest BCUT2D eigenvalue weighted by Crippen LogP contribution is -2.31. The van der Waals surface area contributed by atoms with Gasteiger partial charge in [-0.2, -0.15) is 0 Å². The summed E-state index contributed by atoms with van der Waals surface area (Å²) >= 11 is 0. The van der Waals surface area contributed by atoms with Crippen LogP contribution in [0, 0.1) is 5.92 Å². The summed E-state index contributed by atoms with van der Waals surface area (Å²) in [4.78, 5) is 2.50. The van der Waals surface area contributed by atoms with Gasteiger partial charge in [-0.1, -0.05) is 33.6 Å². The minimum Gasteiger partial charge on any atom is -0.392 e. The van der Waals surface area contributed by atoms with E-state index in [-0.39, 0.29) is 6.10 Å². The van der Waals surface area contributed by atoms with Crippen molar-refractivity contribution in [2.45, 2.75) is 65.0 Å². The molecule has 0 aromatic rings. The van der Waals surface area contributed by atoms with Crippen LogP contribution in [-0.4, -0.2) is 35.2 Å². The number of hydrogen-bond acceptors (Lipinski definition) is 2. The van der Waals surface area contributed by atoms with Crippen LogP contribution in [0.1, 0.15) is 52.9 Å². The highest BCUT2D eigenvalue weighted by molar-refractivity contribution is 4.84. The summed E-state index contributed by atoms with van der Waals surface area (Å²) in [6.07, 6.45) is 6.03. The van der Waals surface area contributed by atoms with Gasteiger partial charge in [0.1, 0.15) is 0 Å². The Morgan fingerprint density at radius 2 is 2.13 bits per heavy atom. The lowest BCUT2D eigenvalue weighted by molar-refractivity contribution is 0.171. The standard InChI is InChI=1S/C13H27NO/c1-4-5-6-12-9-13(15)10-14(12)8-7-11(2)3/h11-13,15H,4-10H2,1-3H3. The van der Waals surface area contributed by atoms with E-state index in [0.29, 0.717) is 6.04 Å². The molecule has 1 heterocycles. The number of hydrogen-bond donors (Lipinski definition) is 1. The molecule has 1 N–H and O–H groups in total. The first-order valence-electron chi connectivity index (χ1n) is 6.55. The summed E-state index contributed by atoms with van der Waals surface area (Å²) in [5, 5.41) is 9.69. The first-order valence-corrected chi connectivity index (χ1v) is 6.55. The molecule has 0 bridgehead atoms. The third-order valence-corrected chi connectivity index (χ3v) is 3.39. The second kappa shape index (κ2) is 6.49. The van der Waals surface area contributed by atoms with Crippen molar-refractivity contribution in [3.63, 3.8) is 0 Å². The molecular weight excluding hydrogens is 186 g/mol. The first-order chi connectivity index (χ1) is 7.13. The first kappa shape index (κ1) is 13.0. The van der Waals surface area contributed by atoms with Crippen LogP contribution in [0.2, 0.25) is 0 Å². The van der Waals surface area contributed by atoms with E-state index in [1.54, 1.807) is 0 Å². The zero-order valence-electron chi connectivity index (χ0n) is 10.6. The molecule has 0 aromatic carbocycles. The van der Waals surface area contributed by atoms with Gasteiger partial charge >= 0.3 is 0 Å². The summed E-state index contributed by atoms with van der Waals surface area (Å²) in [6.45, 7) is 8.86. The third-order valence-electron chi connectivity index (χ3n) is 3.39. The molecule has 1 aliphatic heterocycles. The van der Waals surface area contributed by atoms with Crippen LogP contribution < -0.4 is 0 Å². The van der Waals surface area contributed by atoms with E-state index in [1.165, 1.54) is 32.2 Å². The number of aliphatic hydroxyl groups is 1. The molecule has 2 unspecified atom stereocenters. The number of likely N-dealkylation sites (tertiary alicyclic amines) is 1. The zero-order chi connectivity index (χ0) is 11.3. The minimum atomic E-state index is -0.0704. The molecule has 2 atom stereocenters. The summed E-state index contributed by atoms with van der Waals surface area (Å²) in [7, 11) is 0. The minimum absolute atomic E-state index is 0.0704. The van der Waals surface area contributed by atoms with Crippen LogP contribution in [0.25, 0.3) is 0 Å². The highest BCUT2D eigenvalue weighted by atomic mass is 16.3. The highest BCUT2D eigenvalue weighted by Crippen LogP contribution is 2.23. The average molecular weight is 213 g/mol. The normalized spacial score (nSPS) is 27.8. The molecule has 1 saturated heterocycles. The second-order valence-electron chi connectivity index (χ2n) is 5.36. The van der Waals surface area contributed by atoms with Crippen LogP contribution in [0.15, 0.2) is 0 Å². The fraction of sp³-hybridized carbons (Fsp3) is 1.00. The summed E-state index contributed by atoms with van der Waals surface area (Å²) < 4.78 is 0. The molecule has 0 amide bonds. The predicted octanol–water partition coefficient (Wildman–Crippen LogP) is 2.66. The Morgan fingerprint density at radius 1 is 1.40 bits per heavy atom. The number of β-amino-alcohol motifs (C(OH)–C–C–N with tert-alkyl or cyclic N) is 1. The Morgan fingerprint density at radius 3 is 2.73 bits per heavy atom. The molecule has 1 rings (SSSR count). The van der Waals surface area contributed by atoms with Crippen molar-refractivity contribution in [1.29, 1.82) is 0 Å². The Kier molecular flexibility index (Phi) is 5.62. The van der Waals surface area contributed by atoms with E-state index in [0.717, 1.165) is 18.9 Å². The highest BCUT2D eigenvalue weighted by Gasteiger charge is 2.29.